The number of anilines is 6. The van der Waals surface area contributed by atoms with E-state index in [4.69, 9.17) is 0 Å². The first-order valence-corrected chi connectivity index (χ1v) is 42.6. The van der Waals surface area contributed by atoms with E-state index >= 15 is 0 Å². The van der Waals surface area contributed by atoms with Crippen molar-refractivity contribution in [1.29, 1.82) is 0 Å². The molecule has 0 unspecified atom stereocenters. The summed E-state index contributed by atoms with van der Waals surface area (Å²) in [6.45, 7) is 32.7. The molecular weight excluding hydrogens is 1490 g/mol. The molecule has 4 aromatic heterocycles. The Bertz CT molecular complexity index is 8480. The van der Waals surface area contributed by atoms with Crippen LogP contribution < -0.4 is 26.2 Å². The van der Waals surface area contributed by atoms with Gasteiger partial charge in [-0.05, 0) is 215 Å². The van der Waals surface area contributed by atoms with Crippen LogP contribution in [-0.4, -0.2) is 25.0 Å². The molecule has 2 aliphatic heterocycles. The van der Waals surface area contributed by atoms with Crippen LogP contribution in [0.2, 0.25) is 0 Å². The van der Waals surface area contributed by atoms with Crippen molar-refractivity contribution in [2.75, 3.05) is 9.80 Å². The second-order valence-corrected chi connectivity index (χ2v) is 38.6. The molecule has 20 aromatic rings. The summed E-state index contributed by atoms with van der Waals surface area (Å²) in [5.41, 5.74) is 21.3. The van der Waals surface area contributed by atoms with E-state index in [-0.39, 0.29) is 54.4 Å². The Labute approximate surface area is 744 Å². The van der Waals surface area contributed by atoms with Crippen molar-refractivity contribution >= 4 is 144 Å². The van der Waals surface area contributed by atoms with Crippen molar-refractivity contribution < 1.29 is 21.9 Å². The van der Waals surface area contributed by atoms with E-state index in [0.29, 0.717) is 39.8 Å². The Balaban J connectivity index is 0.968. The summed E-state index contributed by atoms with van der Waals surface area (Å²) in [6.07, 6.45) is 0. The van der Waals surface area contributed by atoms with Crippen molar-refractivity contribution in [3.8, 4) is 56.1 Å². The van der Waals surface area contributed by atoms with E-state index in [1.807, 2.05) is 78.9 Å². The number of fused-ring (bicyclic) bond motifs is 16. The number of hydrogen-bond acceptors (Lipinski definition) is 2. The lowest BCUT2D eigenvalue weighted by Crippen LogP contribution is -2.61. The molecule has 6 nitrogen and oxygen atoms in total. The Morgan fingerprint density at radius 3 is 1.06 bits per heavy atom. The number of hydrogen-bond donors (Lipinski definition) is 0. The summed E-state index contributed by atoms with van der Waals surface area (Å²) >= 11 is 0. The molecule has 7 heteroatoms. The summed E-state index contributed by atoms with van der Waals surface area (Å²) in [5, 5.41) is 3.76. The van der Waals surface area contributed by atoms with Gasteiger partial charge in [-0.1, -0.05) is 322 Å². The van der Waals surface area contributed by atoms with Crippen molar-refractivity contribution in [3.05, 3.63) is 367 Å². The topological polar surface area (TPSA) is 26.2 Å². The smallest absolute Gasteiger partial charge is 0.252 e. The number of nitrogens with zero attached hydrogens (tertiary/aromatic N) is 6. The largest absolute Gasteiger partial charge is 0.310 e. The van der Waals surface area contributed by atoms with Gasteiger partial charge in [0.2, 0.25) is 0 Å². The standard InChI is InChI=1S/C116H101BN6/c1-112(2,3)76-53-59-100-92(66-76)93-67-77(113(4,5)6)54-60-101(93)121(100)102-51-33-45-88-89-46-34-52-103(111(89)120(110(88)102)81-39-23-18-24-40-81)122-104-70-82(118-96-47-29-25-41-84(96)85-42-26-30-48-97(85)118)55-57-94(104)117-95-58-56-83(119-98-49-31-27-43-86(98)87-44-28-32-50-99(87)119)71-105(95)123(107-64-75(63-106(122)108(107)117)74-61-78(114(7,8)9)65-79(62-74)115(10,11)12)109-90(72-35-19-16-20-36-72)68-80(116(13,14)15)69-91(109)73-37-21-17-22-38-73/h16-71H,1-15H3/i25D,26D,27D,28D,29D,30D,31D,32D,41D,42D,43D,44D,47D,48D,49D,50D. The van der Waals surface area contributed by atoms with Crippen LogP contribution in [-0.2, 0) is 27.1 Å². The van der Waals surface area contributed by atoms with Gasteiger partial charge in [0, 0.05) is 94.0 Å². The Kier molecular flexibility index (Phi) is 13.4. The molecule has 2 aliphatic rings. The van der Waals surface area contributed by atoms with Gasteiger partial charge in [-0.15, -0.1) is 0 Å². The molecule has 16 aromatic carbocycles. The number of rotatable bonds is 9. The fraction of sp³-hybridized carbons (Fsp3) is 0.172. The van der Waals surface area contributed by atoms with Crippen molar-refractivity contribution in [2.24, 2.45) is 0 Å². The third-order valence-corrected chi connectivity index (χ3v) is 25.7. The van der Waals surface area contributed by atoms with Crippen LogP contribution in [0, 0.1) is 0 Å². The van der Waals surface area contributed by atoms with Gasteiger partial charge in [0.25, 0.3) is 6.71 Å². The molecule has 6 heterocycles. The quantitative estimate of drug-likeness (QED) is 0.135. The monoisotopic (exact) mass is 1600 g/mol. The fourth-order valence-electron chi connectivity index (χ4n) is 19.4. The molecular formula is C116H101BN6. The van der Waals surface area contributed by atoms with Gasteiger partial charge in [-0.3, -0.25) is 0 Å². The van der Waals surface area contributed by atoms with Crippen LogP contribution in [0.5, 0.6) is 0 Å². The second kappa shape index (κ2) is 27.4. The van der Waals surface area contributed by atoms with Gasteiger partial charge in [0.05, 0.1) is 83.1 Å². The number of para-hydroxylation sites is 7. The lowest BCUT2D eigenvalue weighted by atomic mass is 9.33. The van der Waals surface area contributed by atoms with Gasteiger partial charge >= 0.3 is 0 Å². The fourth-order valence-corrected chi connectivity index (χ4v) is 19.4. The predicted molar refractivity (Wildman–Crippen MR) is 528 cm³/mol. The second-order valence-electron chi connectivity index (χ2n) is 38.6. The highest BCUT2D eigenvalue weighted by atomic mass is 15.2. The van der Waals surface area contributed by atoms with Gasteiger partial charge < -0.3 is 28.1 Å². The molecule has 0 saturated heterocycles. The maximum atomic E-state index is 10.1. The van der Waals surface area contributed by atoms with E-state index in [1.165, 1.54) is 11.1 Å². The summed E-state index contributed by atoms with van der Waals surface area (Å²) < 4.78 is 163. The van der Waals surface area contributed by atoms with Crippen LogP contribution in [0.1, 0.15) is 154 Å². The van der Waals surface area contributed by atoms with E-state index in [9.17, 15) is 21.9 Å². The molecule has 0 fully saturated rings. The minimum Gasteiger partial charge on any atom is -0.310 e. The average Bonchev–Trinajstić information content (AvgIpc) is 1.68. The molecule has 0 N–H and O–H groups in total. The molecule has 0 atom stereocenters. The van der Waals surface area contributed by atoms with Crippen molar-refractivity contribution in [2.45, 2.75) is 131 Å². The van der Waals surface area contributed by atoms with Gasteiger partial charge in [-0.2, -0.15) is 0 Å². The Morgan fingerprint density at radius 2 is 0.618 bits per heavy atom. The highest BCUT2D eigenvalue weighted by Crippen LogP contribution is 2.56. The number of benzene rings is 16. The molecule has 598 valence electrons. The summed E-state index contributed by atoms with van der Waals surface area (Å²) in [4.78, 5) is 4.72. The molecule has 0 spiro atoms. The maximum Gasteiger partial charge on any atom is 0.252 e. The highest BCUT2D eigenvalue weighted by molar-refractivity contribution is 7.00. The molecule has 0 bridgehead atoms. The first kappa shape index (κ1) is 60.0. The van der Waals surface area contributed by atoms with E-state index in [1.54, 1.807) is 9.13 Å². The third kappa shape index (κ3) is 12.0. The normalized spacial score (nSPS) is 15.1. The van der Waals surface area contributed by atoms with E-state index < -0.39 is 120 Å². The molecule has 0 saturated carbocycles. The Morgan fingerprint density at radius 1 is 0.236 bits per heavy atom. The zero-order valence-electron chi connectivity index (χ0n) is 87.9. The number of aromatic nitrogens is 4. The van der Waals surface area contributed by atoms with Crippen LogP contribution in [0.3, 0.4) is 0 Å². The van der Waals surface area contributed by atoms with Gasteiger partial charge in [-0.25, -0.2) is 0 Å². The molecule has 0 amide bonds. The zero-order chi connectivity index (χ0) is 98.2. The van der Waals surface area contributed by atoms with E-state index in [2.05, 4.69) is 287 Å². The molecule has 0 aliphatic carbocycles. The average molecular weight is 1610 g/mol. The minimum absolute atomic E-state index is 0.0576. The first-order chi connectivity index (χ1) is 65.8. The van der Waals surface area contributed by atoms with Crippen LogP contribution in [0.15, 0.2) is 339 Å². The van der Waals surface area contributed by atoms with Crippen molar-refractivity contribution in [3.63, 3.8) is 0 Å². The molecule has 123 heavy (non-hydrogen) atoms. The van der Waals surface area contributed by atoms with Crippen molar-refractivity contribution in [1.82, 2.24) is 18.3 Å². The van der Waals surface area contributed by atoms with E-state index in [0.717, 1.165) is 127 Å². The highest BCUT2D eigenvalue weighted by Gasteiger charge is 2.46. The van der Waals surface area contributed by atoms with Gasteiger partial charge in [0.15, 0.2) is 0 Å². The summed E-state index contributed by atoms with van der Waals surface area (Å²) in [6, 6.07) is 77.8. The lowest BCUT2D eigenvalue weighted by molar-refractivity contribution is 0.569. The first-order valence-electron chi connectivity index (χ1n) is 50.6. The summed E-state index contributed by atoms with van der Waals surface area (Å²) in [5.74, 6) is 0. The maximum absolute atomic E-state index is 10.1. The zero-order valence-corrected chi connectivity index (χ0v) is 71.9. The minimum atomic E-state index is -0.834. The van der Waals surface area contributed by atoms with Gasteiger partial charge in [0.1, 0.15) is 0 Å². The van der Waals surface area contributed by atoms with Crippen LogP contribution in [0.25, 0.3) is 143 Å². The predicted octanol–water partition coefficient (Wildman–Crippen LogP) is 29.6. The lowest BCUT2D eigenvalue weighted by Gasteiger charge is -2.45. The summed E-state index contributed by atoms with van der Waals surface area (Å²) in [7, 11) is 0. The van der Waals surface area contributed by atoms with Crippen LogP contribution >= 0.6 is 0 Å². The Hall–Kier alpha value is -13.6. The SMILES string of the molecule is [2H]c1c([2H])c([2H])c2c(c1[2H])c1c([2H])c([2H])c([2H])c([2H])c1n2-c1ccc2c(c1)N(c1c(-c3ccccc3)cc(C(C)(C)C)cc1-c1ccccc1)c1cc(-c3cc(C(C)(C)C)cc(C(C)(C)C)c3)cc3c1B2c1ccc(-n2c4c([2H])c([2H])c([2H])c([2H])c4c4c([2H])c([2H])c([2H])c([2H])c42)cc1N3c1cccc2c3cccc(-n4c5ccc(C(C)(C)C)cc5c5cc(C(C)(C)C)ccc54)c3n(-c3ccccc3)c12. The van der Waals surface area contributed by atoms with Crippen LogP contribution in [0.4, 0.5) is 34.1 Å². The molecule has 22 rings (SSSR count). The molecule has 0 radical (unpaired) electrons. The third-order valence-electron chi connectivity index (χ3n) is 25.7.